The number of para-hydroxylation sites is 1. The first-order valence-corrected chi connectivity index (χ1v) is 7.48. The second-order valence-electron chi connectivity index (χ2n) is 4.91. The van der Waals surface area contributed by atoms with Gasteiger partial charge in [-0.3, -0.25) is 5.84 Å². The van der Waals surface area contributed by atoms with E-state index in [1.807, 2.05) is 6.92 Å². The Labute approximate surface area is 108 Å². The summed E-state index contributed by atoms with van der Waals surface area (Å²) >= 11 is 0. The molecular weight excluding hydrogens is 250 g/mol. The van der Waals surface area contributed by atoms with E-state index in [-0.39, 0.29) is 10.9 Å². The fraction of sp³-hybridized carbons (Fsp3) is 0.500. The number of rotatable bonds is 3. The molecule has 5 nitrogen and oxygen atoms in total. The number of nitrogens with one attached hydrogen (secondary N) is 1. The fourth-order valence-corrected chi connectivity index (χ4v) is 4.45. The summed E-state index contributed by atoms with van der Waals surface area (Å²) in [7, 11) is -3.47. The van der Waals surface area contributed by atoms with Gasteiger partial charge in [-0.1, -0.05) is 19.1 Å². The predicted molar refractivity (Wildman–Crippen MR) is 71.4 cm³/mol. The molecule has 0 aromatic heterocycles. The molecule has 1 aromatic rings. The van der Waals surface area contributed by atoms with Gasteiger partial charge in [0.2, 0.25) is 10.0 Å². The van der Waals surface area contributed by atoms with Gasteiger partial charge in [0, 0.05) is 12.6 Å². The Morgan fingerprint density at radius 3 is 2.56 bits per heavy atom. The zero-order valence-corrected chi connectivity index (χ0v) is 11.4. The highest BCUT2D eigenvalue weighted by molar-refractivity contribution is 7.89. The number of anilines is 1. The van der Waals surface area contributed by atoms with Crippen molar-refractivity contribution in [3.8, 4) is 0 Å². The van der Waals surface area contributed by atoms with E-state index in [1.165, 1.54) is 0 Å². The van der Waals surface area contributed by atoms with Crippen molar-refractivity contribution >= 4 is 15.7 Å². The molecule has 18 heavy (non-hydrogen) atoms. The summed E-state index contributed by atoms with van der Waals surface area (Å²) in [5.41, 5.74) is 2.88. The fourth-order valence-electron chi connectivity index (χ4n) is 2.53. The Morgan fingerprint density at radius 2 is 2.00 bits per heavy atom. The van der Waals surface area contributed by atoms with Crippen LogP contribution in [0, 0.1) is 5.92 Å². The van der Waals surface area contributed by atoms with Gasteiger partial charge in [0.05, 0.1) is 5.69 Å². The van der Waals surface area contributed by atoms with E-state index >= 15 is 0 Å². The van der Waals surface area contributed by atoms with Crippen LogP contribution >= 0.6 is 0 Å². The third-order valence-electron chi connectivity index (χ3n) is 3.36. The molecule has 2 unspecified atom stereocenters. The molecule has 0 radical (unpaired) electrons. The number of nitrogens with zero attached hydrogens (tertiary/aromatic N) is 1. The lowest BCUT2D eigenvalue weighted by Gasteiger charge is -2.22. The minimum absolute atomic E-state index is 0.0378. The maximum absolute atomic E-state index is 12.6. The second-order valence-corrected chi connectivity index (χ2v) is 6.76. The average Bonchev–Trinajstić information content (AvgIpc) is 2.69. The van der Waals surface area contributed by atoms with Crippen molar-refractivity contribution < 1.29 is 8.42 Å². The van der Waals surface area contributed by atoms with Crippen molar-refractivity contribution in [2.75, 3.05) is 12.0 Å². The molecule has 0 bridgehead atoms. The molecule has 2 rings (SSSR count). The molecule has 2 atom stereocenters. The molecule has 1 aromatic carbocycles. The maximum Gasteiger partial charge on any atom is 0.245 e. The summed E-state index contributed by atoms with van der Waals surface area (Å²) < 4.78 is 26.8. The molecule has 0 spiro atoms. The van der Waals surface area contributed by atoms with E-state index in [4.69, 9.17) is 5.84 Å². The van der Waals surface area contributed by atoms with Gasteiger partial charge in [-0.2, -0.15) is 4.31 Å². The van der Waals surface area contributed by atoms with Crippen molar-refractivity contribution in [2.45, 2.75) is 31.2 Å². The number of sulfonamides is 1. The Kier molecular flexibility index (Phi) is 3.61. The number of hydrazine groups is 1. The van der Waals surface area contributed by atoms with Gasteiger partial charge in [-0.25, -0.2) is 8.42 Å². The van der Waals surface area contributed by atoms with Crippen LogP contribution in [-0.4, -0.2) is 25.3 Å². The third-order valence-corrected chi connectivity index (χ3v) is 5.39. The highest BCUT2D eigenvalue weighted by Gasteiger charge is 2.36. The van der Waals surface area contributed by atoms with Gasteiger partial charge in [-0.05, 0) is 31.4 Å². The second kappa shape index (κ2) is 4.87. The molecule has 0 amide bonds. The summed E-state index contributed by atoms with van der Waals surface area (Å²) in [5.74, 6) is 5.77. The van der Waals surface area contributed by atoms with Crippen LogP contribution in [0.15, 0.2) is 29.2 Å². The van der Waals surface area contributed by atoms with Crippen LogP contribution in [-0.2, 0) is 10.0 Å². The molecule has 1 heterocycles. The first-order chi connectivity index (χ1) is 8.46. The van der Waals surface area contributed by atoms with Gasteiger partial charge < -0.3 is 5.43 Å². The first-order valence-electron chi connectivity index (χ1n) is 6.04. The average molecular weight is 269 g/mol. The number of nitrogens with two attached hydrogens (primary N) is 1. The lowest BCUT2D eigenvalue weighted by atomic mass is 10.1. The van der Waals surface area contributed by atoms with Crippen LogP contribution < -0.4 is 11.3 Å². The van der Waals surface area contributed by atoms with Gasteiger partial charge in [0.25, 0.3) is 0 Å². The Morgan fingerprint density at radius 1 is 1.33 bits per heavy atom. The highest BCUT2D eigenvalue weighted by Crippen LogP contribution is 2.31. The van der Waals surface area contributed by atoms with Crippen molar-refractivity contribution in [1.82, 2.24) is 4.31 Å². The lowest BCUT2D eigenvalue weighted by molar-refractivity contribution is 0.406. The molecule has 0 aliphatic carbocycles. The largest absolute Gasteiger partial charge is 0.323 e. The number of hydrogen-bond donors (Lipinski definition) is 2. The number of benzene rings is 1. The van der Waals surface area contributed by atoms with Crippen LogP contribution in [0.4, 0.5) is 5.69 Å². The topological polar surface area (TPSA) is 75.4 Å². The van der Waals surface area contributed by atoms with Crippen molar-refractivity contribution in [2.24, 2.45) is 11.8 Å². The lowest BCUT2D eigenvalue weighted by Crippen LogP contribution is -2.34. The summed E-state index contributed by atoms with van der Waals surface area (Å²) in [6, 6.07) is 6.75. The molecule has 6 heteroatoms. The smallest absolute Gasteiger partial charge is 0.245 e. The molecule has 100 valence electrons. The predicted octanol–water partition coefficient (Wildman–Crippen LogP) is 1.39. The highest BCUT2D eigenvalue weighted by atomic mass is 32.2. The van der Waals surface area contributed by atoms with Crippen molar-refractivity contribution in [3.05, 3.63) is 24.3 Å². The van der Waals surface area contributed by atoms with Gasteiger partial charge in [0.1, 0.15) is 4.90 Å². The van der Waals surface area contributed by atoms with Crippen LogP contribution in [0.2, 0.25) is 0 Å². The van der Waals surface area contributed by atoms with Crippen LogP contribution in [0.1, 0.15) is 20.3 Å². The Hall–Kier alpha value is -1.11. The monoisotopic (exact) mass is 269 g/mol. The van der Waals surface area contributed by atoms with Crippen LogP contribution in [0.25, 0.3) is 0 Å². The minimum Gasteiger partial charge on any atom is -0.323 e. The van der Waals surface area contributed by atoms with Crippen LogP contribution in [0.3, 0.4) is 0 Å². The third kappa shape index (κ3) is 2.23. The number of nitrogen functional groups attached to an aromatic ring is 1. The Bertz CT molecular complexity index is 530. The number of hydrogen-bond acceptors (Lipinski definition) is 4. The quantitative estimate of drug-likeness (QED) is 0.642. The van der Waals surface area contributed by atoms with E-state index in [1.54, 1.807) is 28.6 Å². The maximum atomic E-state index is 12.6. The van der Waals surface area contributed by atoms with Gasteiger partial charge in [-0.15, -0.1) is 0 Å². The normalized spacial score (nSPS) is 25.3. The zero-order chi connectivity index (χ0) is 13.3. The van der Waals surface area contributed by atoms with E-state index in [0.717, 1.165) is 6.42 Å². The van der Waals surface area contributed by atoms with E-state index in [9.17, 15) is 8.42 Å². The van der Waals surface area contributed by atoms with Crippen molar-refractivity contribution in [3.63, 3.8) is 0 Å². The van der Waals surface area contributed by atoms with E-state index < -0.39 is 10.0 Å². The molecule has 1 aliphatic heterocycles. The molecule has 1 aliphatic rings. The van der Waals surface area contributed by atoms with E-state index in [2.05, 4.69) is 12.3 Å². The Balaban J connectivity index is 2.42. The van der Waals surface area contributed by atoms with Gasteiger partial charge >= 0.3 is 0 Å². The molecule has 1 fully saturated rings. The minimum atomic E-state index is -3.47. The molecule has 1 saturated heterocycles. The zero-order valence-electron chi connectivity index (χ0n) is 10.6. The van der Waals surface area contributed by atoms with E-state index in [0.29, 0.717) is 18.2 Å². The first kappa shape index (κ1) is 13.3. The molecule has 3 N–H and O–H groups in total. The summed E-state index contributed by atoms with van der Waals surface area (Å²) in [4.78, 5) is 0.244. The summed E-state index contributed by atoms with van der Waals surface area (Å²) in [6.45, 7) is 4.58. The van der Waals surface area contributed by atoms with Crippen molar-refractivity contribution in [1.29, 1.82) is 0 Å². The SMILES string of the molecule is CC1CC(C)N(S(=O)(=O)c2ccccc2NN)C1. The standard InChI is InChI=1S/C12H19N3O2S/c1-9-7-10(2)15(8-9)18(16,17)12-6-4-3-5-11(12)14-13/h3-6,9-10,14H,7-8,13H2,1-2H3. The molecular formula is C12H19N3O2S. The van der Waals surface area contributed by atoms with Crippen LogP contribution in [0.5, 0.6) is 0 Å². The summed E-state index contributed by atoms with van der Waals surface area (Å²) in [6.07, 6.45) is 0.900. The summed E-state index contributed by atoms with van der Waals surface area (Å²) in [5, 5.41) is 0. The molecule has 0 saturated carbocycles. The van der Waals surface area contributed by atoms with Gasteiger partial charge in [0.15, 0.2) is 0 Å².